The van der Waals surface area contributed by atoms with Crippen molar-refractivity contribution in [3.63, 3.8) is 0 Å². The molecule has 1 aliphatic rings. The molecule has 3 aromatic rings. The van der Waals surface area contributed by atoms with Crippen molar-refractivity contribution >= 4 is 22.8 Å². The summed E-state index contributed by atoms with van der Waals surface area (Å²) in [4.78, 5) is 36.9. The van der Waals surface area contributed by atoms with Gasteiger partial charge in [-0.25, -0.2) is 9.59 Å². The van der Waals surface area contributed by atoms with Crippen LogP contribution < -0.4 is 20.3 Å². The molecule has 1 aliphatic heterocycles. The van der Waals surface area contributed by atoms with Crippen molar-refractivity contribution in [3.05, 3.63) is 63.9 Å². The number of fused-ring (bicyclic) bond motifs is 2. The molecule has 11 nitrogen and oxygen atoms in total. The van der Waals surface area contributed by atoms with Crippen LogP contribution >= 0.6 is 0 Å². The number of aliphatic hydroxyl groups excluding tert-OH is 1. The lowest BCUT2D eigenvalue weighted by Crippen LogP contribution is -2.54. The van der Waals surface area contributed by atoms with Crippen LogP contribution in [0.5, 0.6) is 17.2 Å². The monoisotopic (exact) mass is 470 g/mol. The van der Waals surface area contributed by atoms with E-state index in [9.17, 15) is 34.8 Å². The van der Waals surface area contributed by atoms with Crippen LogP contribution in [0.15, 0.2) is 47.3 Å². The molecule has 0 saturated heterocycles. The molecule has 11 heteroatoms. The van der Waals surface area contributed by atoms with Gasteiger partial charge in [-0.1, -0.05) is 12.1 Å². The van der Waals surface area contributed by atoms with E-state index in [-0.39, 0.29) is 40.9 Å². The zero-order valence-corrected chi connectivity index (χ0v) is 17.9. The van der Waals surface area contributed by atoms with E-state index in [1.54, 1.807) is 12.1 Å². The third-order valence-electron chi connectivity index (χ3n) is 5.55. The Morgan fingerprint density at radius 2 is 1.76 bits per heavy atom. The number of aliphatic hydroxyl groups is 1. The molecule has 34 heavy (non-hydrogen) atoms. The minimum Gasteiger partial charge on any atom is -0.506 e. The highest BCUT2D eigenvalue weighted by molar-refractivity contribution is 6.01. The van der Waals surface area contributed by atoms with E-state index in [1.807, 2.05) is 6.92 Å². The second kappa shape index (κ2) is 8.69. The van der Waals surface area contributed by atoms with Gasteiger partial charge < -0.3 is 40.2 Å². The lowest BCUT2D eigenvalue weighted by Gasteiger charge is -2.19. The largest absolute Gasteiger partial charge is 0.506 e. The number of phenols is 1. The third kappa shape index (κ3) is 4.14. The van der Waals surface area contributed by atoms with Crippen LogP contribution in [0.3, 0.4) is 0 Å². The number of carboxylic acid groups (broad SMARTS) is 2. The summed E-state index contributed by atoms with van der Waals surface area (Å²) in [6.07, 6.45) is -0.472. The quantitative estimate of drug-likeness (QED) is 0.261. The highest BCUT2D eigenvalue weighted by Gasteiger charge is 2.57. The minimum absolute atomic E-state index is 0.0130. The van der Waals surface area contributed by atoms with Gasteiger partial charge in [-0.3, -0.25) is 4.79 Å². The third-order valence-corrected chi connectivity index (χ3v) is 5.55. The molecule has 0 fully saturated rings. The summed E-state index contributed by atoms with van der Waals surface area (Å²) in [7, 11) is 0. The molecule has 2 unspecified atom stereocenters. The van der Waals surface area contributed by atoms with E-state index in [0.29, 0.717) is 17.4 Å². The highest BCUT2D eigenvalue weighted by atomic mass is 16.8. The molecule has 0 spiro atoms. The Kier molecular flexibility index (Phi) is 5.90. The van der Waals surface area contributed by atoms with Crippen molar-refractivity contribution in [2.75, 3.05) is 6.54 Å². The number of hydrogen-bond donors (Lipinski definition) is 6. The predicted molar refractivity (Wildman–Crippen MR) is 118 cm³/mol. The Balaban J connectivity index is 1.42. The normalized spacial score (nSPS) is 15.7. The Morgan fingerprint density at radius 1 is 1.06 bits per heavy atom. The Bertz CT molecular complexity index is 1320. The second-order valence-corrected chi connectivity index (χ2v) is 8.03. The number of benzene rings is 2. The minimum atomic E-state index is -2.81. The maximum Gasteiger partial charge on any atom is 0.453 e. The number of aliphatic carboxylic acids is 2. The van der Waals surface area contributed by atoms with E-state index in [0.717, 1.165) is 5.56 Å². The topological polar surface area (TPSA) is 178 Å². The molecule has 0 aliphatic carbocycles. The van der Waals surface area contributed by atoms with E-state index < -0.39 is 23.8 Å². The summed E-state index contributed by atoms with van der Waals surface area (Å²) in [5.41, 5.74) is 1.15. The molecule has 2 heterocycles. The van der Waals surface area contributed by atoms with Gasteiger partial charge in [0.25, 0.3) is 0 Å². The van der Waals surface area contributed by atoms with Crippen molar-refractivity contribution in [1.29, 1.82) is 0 Å². The van der Waals surface area contributed by atoms with Gasteiger partial charge in [-0.15, -0.1) is 0 Å². The van der Waals surface area contributed by atoms with Crippen LogP contribution in [0.1, 0.15) is 24.2 Å². The number of nitrogens with one attached hydrogen (secondary N) is 2. The maximum atomic E-state index is 11.6. The first kappa shape index (κ1) is 23.1. The number of rotatable bonds is 8. The molecule has 178 valence electrons. The van der Waals surface area contributed by atoms with E-state index >= 15 is 0 Å². The standard InChI is InChI=1S/C23H22N2O9/c1-11(8-12-2-6-17-18(9-12)34-23(33-17,21(29)30)22(31)32)24-10-16(27)13-3-5-15(26)20-14(13)4-7-19(28)25-20/h2-7,9,11,16,24,26-27H,8,10H2,1H3,(H,25,28)(H,29,30)(H,31,32). The van der Waals surface area contributed by atoms with Crippen LogP contribution in [-0.4, -0.2) is 55.7 Å². The van der Waals surface area contributed by atoms with Gasteiger partial charge in [0, 0.05) is 24.0 Å². The predicted octanol–water partition coefficient (Wildman–Crippen LogP) is 1.12. The lowest BCUT2D eigenvalue weighted by atomic mass is 10.0. The summed E-state index contributed by atoms with van der Waals surface area (Å²) >= 11 is 0. The van der Waals surface area contributed by atoms with Gasteiger partial charge in [-0.05, 0) is 48.7 Å². The number of aromatic nitrogens is 1. The van der Waals surface area contributed by atoms with Gasteiger partial charge in [0.05, 0.1) is 11.6 Å². The number of ether oxygens (including phenoxy) is 2. The summed E-state index contributed by atoms with van der Waals surface area (Å²) in [6, 6.07) is 10.3. The number of carboxylic acids is 2. The van der Waals surface area contributed by atoms with Crippen molar-refractivity contribution in [2.24, 2.45) is 0 Å². The van der Waals surface area contributed by atoms with Gasteiger partial charge >= 0.3 is 17.7 Å². The van der Waals surface area contributed by atoms with Crippen LogP contribution in [0.2, 0.25) is 0 Å². The molecule has 0 amide bonds. The molecule has 1 aromatic heterocycles. The maximum absolute atomic E-state index is 11.6. The van der Waals surface area contributed by atoms with Gasteiger partial charge in [0.15, 0.2) is 11.5 Å². The average molecular weight is 470 g/mol. The van der Waals surface area contributed by atoms with Gasteiger partial charge in [0.2, 0.25) is 5.56 Å². The smallest absolute Gasteiger partial charge is 0.453 e. The van der Waals surface area contributed by atoms with Crippen LogP contribution in [0.4, 0.5) is 0 Å². The van der Waals surface area contributed by atoms with Crippen molar-refractivity contribution in [3.8, 4) is 17.2 Å². The van der Waals surface area contributed by atoms with Gasteiger partial charge in [0.1, 0.15) is 5.75 Å². The lowest BCUT2D eigenvalue weighted by molar-refractivity contribution is -0.194. The fraction of sp³-hybridized carbons (Fsp3) is 0.261. The molecule has 0 bridgehead atoms. The van der Waals surface area contributed by atoms with Crippen LogP contribution in [0, 0.1) is 0 Å². The second-order valence-electron chi connectivity index (χ2n) is 8.03. The highest BCUT2D eigenvalue weighted by Crippen LogP contribution is 2.40. The molecule has 0 radical (unpaired) electrons. The first-order valence-electron chi connectivity index (χ1n) is 10.3. The summed E-state index contributed by atoms with van der Waals surface area (Å²) in [6.45, 7) is 2.05. The molecular formula is C23H22N2O9. The SMILES string of the molecule is CC(Cc1ccc2c(c1)OC(C(=O)O)(C(=O)O)O2)NCC(O)c1ccc(O)c2[nH]c(=O)ccc12. The Hall–Kier alpha value is -4.09. The number of pyridine rings is 1. The zero-order chi connectivity index (χ0) is 24.6. The number of carbonyl (C=O) groups is 2. The molecule has 2 atom stereocenters. The molecule has 6 N–H and O–H groups in total. The molecule has 4 rings (SSSR count). The number of phenolic OH excluding ortho intramolecular Hbond substituents is 1. The Morgan fingerprint density at radius 3 is 2.47 bits per heavy atom. The van der Waals surface area contributed by atoms with Crippen molar-refractivity contribution in [1.82, 2.24) is 10.3 Å². The molecular weight excluding hydrogens is 448 g/mol. The average Bonchev–Trinajstić information content (AvgIpc) is 3.19. The van der Waals surface area contributed by atoms with Crippen molar-refractivity contribution in [2.45, 2.75) is 31.3 Å². The summed E-state index contributed by atoms with van der Waals surface area (Å²) in [5, 5.41) is 42.9. The molecule has 2 aromatic carbocycles. The summed E-state index contributed by atoms with van der Waals surface area (Å²) in [5.74, 6) is -6.42. The summed E-state index contributed by atoms with van der Waals surface area (Å²) < 4.78 is 10.2. The number of aromatic amines is 1. The fourth-order valence-electron chi connectivity index (χ4n) is 3.84. The number of H-pyrrole nitrogens is 1. The van der Waals surface area contributed by atoms with E-state index in [1.165, 1.54) is 30.3 Å². The fourth-order valence-corrected chi connectivity index (χ4v) is 3.84. The van der Waals surface area contributed by atoms with Crippen LogP contribution in [-0.2, 0) is 16.0 Å². The van der Waals surface area contributed by atoms with E-state index in [2.05, 4.69) is 10.3 Å². The van der Waals surface area contributed by atoms with Crippen molar-refractivity contribution < 1.29 is 39.5 Å². The first-order valence-corrected chi connectivity index (χ1v) is 10.3. The number of aromatic hydroxyl groups is 1. The van der Waals surface area contributed by atoms with Gasteiger partial charge in [-0.2, -0.15) is 0 Å². The Labute approximate surface area is 192 Å². The zero-order valence-electron chi connectivity index (χ0n) is 17.9. The first-order chi connectivity index (χ1) is 16.1. The van der Waals surface area contributed by atoms with E-state index in [4.69, 9.17) is 9.47 Å². The number of hydrogen-bond acceptors (Lipinski definition) is 8. The van der Waals surface area contributed by atoms with Crippen LogP contribution in [0.25, 0.3) is 10.9 Å². The molecule has 0 saturated carbocycles.